The predicted molar refractivity (Wildman–Crippen MR) is 72.0 cm³/mol. The Kier molecular flexibility index (Phi) is 7.16. The standard InChI is InChI=1S/C11H17NO8S/c1-5(7(13)14)11(20,10(18)19)9(17)12-6(8(15)16)3-4-21-2/h5-6,20H,3-4H2,1-2H3,(H,12,17)(H,13,14)(H,15,16)(H,18,19). The number of hydrogen-bond donors (Lipinski definition) is 5. The number of hydrogen-bond acceptors (Lipinski definition) is 6. The third-order valence-electron chi connectivity index (χ3n) is 2.88. The zero-order valence-corrected chi connectivity index (χ0v) is 12.2. The number of amides is 1. The zero-order valence-electron chi connectivity index (χ0n) is 11.4. The Hall–Kier alpha value is -1.81. The molecule has 3 atom stereocenters. The molecule has 0 aliphatic carbocycles. The molecule has 0 aromatic carbocycles. The van der Waals surface area contributed by atoms with Crippen molar-refractivity contribution in [1.82, 2.24) is 5.32 Å². The van der Waals surface area contributed by atoms with E-state index in [1.807, 2.05) is 5.32 Å². The van der Waals surface area contributed by atoms with Crippen LogP contribution in [0.15, 0.2) is 0 Å². The Morgan fingerprint density at radius 2 is 1.67 bits per heavy atom. The van der Waals surface area contributed by atoms with Gasteiger partial charge in [-0.3, -0.25) is 9.59 Å². The van der Waals surface area contributed by atoms with Gasteiger partial charge in [-0.1, -0.05) is 0 Å². The number of carbonyl (C=O) groups is 4. The largest absolute Gasteiger partial charge is 0.481 e. The average Bonchev–Trinajstić information content (AvgIpc) is 2.40. The van der Waals surface area contributed by atoms with E-state index >= 15 is 0 Å². The summed E-state index contributed by atoms with van der Waals surface area (Å²) in [5, 5.41) is 38.4. The van der Waals surface area contributed by atoms with E-state index in [1.165, 1.54) is 11.8 Å². The smallest absolute Gasteiger partial charge is 0.346 e. The lowest BCUT2D eigenvalue weighted by molar-refractivity contribution is -0.179. The number of nitrogens with one attached hydrogen (secondary N) is 1. The highest BCUT2D eigenvalue weighted by Crippen LogP contribution is 2.19. The number of carboxylic acid groups (broad SMARTS) is 3. The quantitative estimate of drug-likeness (QED) is 0.330. The highest BCUT2D eigenvalue weighted by atomic mass is 32.2. The van der Waals surface area contributed by atoms with Gasteiger partial charge in [0.2, 0.25) is 0 Å². The van der Waals surface area contributed by atoms with Crippen molar-refractivity contribution < 1.29 is 39.6 Å². The van der Waals surface area contributed by atoms with Gasteiger partial charge in [0.15, 0.2) is 0 Å². The van der Waals surface area contributed by atoms with Gasteiger partial charge in [0.1, 0.15) is 12.0 Å². The minimum atomic E-state index is -3.25. The van der Waals surface area contributed by atoms with E-state index in [-0.39, 0.29) is 6.42 Å². The number of rotatable bonds is 9. The lowest BCUT2D eigenvalue weighted by Crippen LogP contribution is -2.61. The first-order valence-electron chi connectivity index (χ1n) is 5.80. The van der Waals surface area contributed by atoms with Gasteiger partial charge < -0.3 is 25.7 Å². The summed E-state index contributed by atoms with van der Waals surface area (Å²) in [5.74, 6) is -8.33. The maximum Gasteiger partial charge on any atom is 0.346 e. The normalized spacial score (nSPS) is 16.3. The maximum atomic E-state index is 11.9. The van der Waals surface area contributed by atoms with Gasteiger partial charge in [0.25, 0.3) is 11.5 Å². The first-order valence-corrected chi connectivity index (χ1v) is 7.19. The Morgan fingerprint density at radius 1 is 1.14 bits per heavy atom. The zero-order chi connectivity index (χ0) is 16.8. The summed E-state index contributed by atoms with van der Waals surface area (Å²) in [6, 6.07) is -1.42. The summed E-state index contributed by atoms with van der Waals surface area (Å²) in [5.41, 5.74) is -3.25. The maximum absolute atomic E-state index is 11.9. The first-order chi connectivity index (χ1) is 9.58. The Morgan fingerprint density at radius 3 is 2.00 bits per heavy atom. The minimum absolute atomic E-state index is 0.000604. The fraction of sp³-hybridized carbons (Fsp3) is 0.636. The van der Waals surface area contributed by atoms with Crippen molar-refractivity contribution in [2.75, 3.05) is 12.0 Å². The fourth-order valence-corrected chi connectivity index (χ4v) is 1.89. The van der Waals surface area contributed by atoms with Crippen LogP contribution in [0.3, 0.4) is 0 Å². The molecule has 0 heterocycles. The summed E-state index contributed by atoms with van der Waals surface area (Å²) in [6.45, 7) is 0.841. The second-order valence-electron chi connectivity index (χ2n) is 4.28. The molecule has 0 radical (unpaired) electrons. The van der Waals surface area contributed by atoms with Gasteiger partial charge >= 0.3 is 17.9 Å². The molecule has 0 aliphatic rings. The SMILES string of the molecule is CSCCC(NC(=O)C(O)(C(=O)O)C(C)C(=O)O)C(=O)O. The molecule has 3 unspecified atom stereocenters. The van der Waals surface area contributed by atoms with Crippen LogP contribution in [0.25, 0.3) is 0 Å². The van der Waals surface area contributed by atoms with E-state index in [4.69, 9.17) is 15.3 Å². The fourth-order valence-electron chi connectivity index (χ4n) is 1.42. The van der Waals surface area contributed by atoms with Crippen molar-refractivity contribution in [3.8, 4) is 0 Å². The second kappa shape index (κ2) is 7.84. The Bertz CT molecular complexity index is 440. The van der Waals surface area contributed by atoms with Gasteiger partial charge in [-0.2, -0.15) is 11.8 Å². The number of aliphatic hydroxyl groups is 1. The molecule has 0 aromatic rings. The van der Waals surface area contributed by atoms with Crippen LogP contribution >= 0.6 is 11.8 Å². The van der Waals surface area contributed by atoms with Gasteiger partial charge in [-0.25, -0.2) is 9.59 Å². The molecule has 0 fully saturated rings. The highest BCUT2D eigenvalue weighted by molar-refractivity contribution is 7.98. The van der Waals surface area contributed by atoms with Crippen molar-refractivity contribution in [1.29, 1.82) is 0 Å². The molecule has 0 rings (SSSR count). The molecule has 9 nitrogen and oxygen atoms in total. The predicted octanol–water partition coefficient (Wildman–Crippen LogP) is -1.15. The average molecular weight is 323 g/mol. The Balaban J connectivity index is 5.27. The molecule has 0 aliphatic heterocycles. The van der Waals surface area contributed by atoms with Crippen LogP contribution in [-0.4, -0.2) is 67.9 Å². The lowest BCUT2D eigenvalue weighted by atomic mass is 9.87. The van der Waals surface area contributed by atoms with E-state index < -0.39 is 41.4 Å². The van der Waals surface area contributed by atoms with Gasteiger partial charge in [-0.05, 0) is 25.4 Å². The second-order valence-corrected chi connectivity index (χ2v) is 5.26. The van der Waals surface area contributed by atoms with E-state index in [0.717, 1.165) is 6.92 Å². The molecule has 10 heteroatoms. The molecule has 1 amide bonds. The third-order valence-corrected chi connectivity index (χ3v) is 3.53. The van der Waals surface area contributed by atoms with E-state index in [0.29, 0.717) is 5.75 Å². The van der Waals surface area contributed by atoms with E-state index in [9.17, 15) is 24.3 Å². The van der Waals surface area contributed by atoms with Gasteiger partial charge in [0.05, 0.1) is 0 Å². The Labute approximate surface area is 124 Å². The summed E-state index contributed by atoms with van der Waals surface area (Å²) in [4.78, 5) is 44.7. The van der Waals surface area contributed by atoms with Crippen LogP contribution in [0.1, 0.15) is 13.3 Å². The molecule has 0 aromatic heterocycles. The molecule has 0 spiro atoms. The molecule has 21 heavy (non-hydrogen) atoms. The molecule has 0 bridgehead atoms. The summed E-state index contributed by atoms with van der Waals surface area (Å²) < 4.78 is 0. The van der Waals surface area contributed by atoms with Gasteiger partial charge in [-0.15, -0.1) is 0 Å². The minimum Gasteiger partial charge on any atom is -0.481 e. The van der Waals surface area contributed by atoms with Gasteiger partial charge in [0, 0.05) is 0 Å². The molecular weight excluding hydrogens is 306 g/mol. The summed E-state index contributed by atoms with van der Waals surface area (Å²) >= 11 is 1.31. The van der Waals surface area contributed by atoms with Crippen molar-refractivity contribution >= 4 is 35.6 Å². The number of thioether (sulfide) groups is 1. The number of carbonyl (C=O) groups excluding carboxylic acids is 1. The first kappa shape index (κ1) is 19.2. The van der Waals surface area contributed by atoms with Crippen molar-refractivity contribution in [2.45, 2.75) is 25.0 Å². The molecule has 5 N–H and O–H groups in total. The lowest BCUT2D eigenvalue weighted by Gasteiger charge is -2.27. The monoisotopic (exact) mass is 323 g/mol. The third kappa shape index (κ3) is 4.60. The molecular formula is C11H17NO8S. The molecule has 0 saturated heterocycles. The van der Waals surface area contributed by atoms with Crippen LogP contribution in [-0.2, 0) is 19.2 Å². The van der Waals surface area contributed by atoms with Crippen molar-refractivity contribution in [3.05, 3.63) is 0 Å². The summed E-state index contributed by atoms with van der Waals surface area (Å²) in [7, 11) is 0. The molecule has 0 saturated carbocycles. The summed E-state index contributed by atoms with van der Waals surface area (Å²) in [6.07, 6.45) is 1.71. The van der Waals surface area contributed by atoms with Crippen molar-refractivity contribution in [2.24, 2.45) is 5.92 Å². The van der Waals surface area contributed by atoms with Crippen LogP contribution in [0.4, 0.5) is 0 Å². The number of aliphatic carboxylic acids is 3. The van der Waals surface area contributed by atoms with E-state index in [2.05, 4.69) is 0 Å². The molecule has 120 valence electrons. The van der Waals surface area contributed by atoms with Crippen LogP contribution < -0.4 is 5.32 Å². The van der Waals surface area contributed by atoms with Crippen LogP contribution in [0, 0.1) is 5.92 Å². The van der Waals surface area contributed by atoms with Crippen LogP contribution in [0.2, 0.25) is 0 Å². The van der Waals surface area contributed by atoms with Crippen molar-refractivity contribution in [3.63, 3.8) is 0 Å². The van der Waals surface area contributed by atoms with Crippen LogP contribution in [0.5, 0.6) is 0 Å². The number of carboxylic acids is 3. The topological polar surface area (TPSA) is 161 Å². The van der Waals surface area contributed by atoms with E-state index in [1.54, 1.807) is 6.26 Å². The highest BCUT2D eigenvalue weighted by Gasteiger charge is 2.53.